The molecular weight excluding hydrogens is 287 g/mol. The molecule has 0 unspecified atom stereocenters. The van der Waals surface area contributed by atoms with Gasteiger partial charge in [-0.2, -0.15) is 5.26 Å². The Bertz CT molecular complexity index is 537. The number of hydrogen-bond donors (Lipinski definition) is 0. The lowest BCUT2D eigenvalue weighted by molar-refractivity contribution is -0.274. The maximum atomic E-state index is 12.2. The summed E-state index contributed by atoms with van der Waals surface area (Å²) in [6.45, 7) is 0. The number of methoxy groups -OCH3 is 1. The first-order valence-corrected chi connectivity index (χ1v) is 5.33. The molecule has 0 N–H and O–H groups in total. The summed E-state index contributed by atoms with van der Waals surface area (Å²) < 4.78 is 44.7. The number of hydrogen-bond acceptors (Lipinski definition) is 4. The van der Waals surface area contributed by atoms with Crippen LogP contribution >= 0.6 is 11.6 Å². The molecule has 0 aliphatic rings. The molecule has 0 radical (unpaired) electrons. The van der Waals surface area contributed by atoms with Crippen LogP contribution in [-0.4, -0.2) is 19.4 Å². The SMILES string of the molecule is COC(=O)c1cc(CCl)c(OC(F)(F)F)cc1C#N. The van der Waals surface area contributed by atoms with Crippen molar-refractivity contribution in [2.24, 2.45) is 0 Å². The Morgan fingerprint density at radius 1 is 1.47 bits per heavy atom. The van der Waals surface area contributed by atoms with Crippen molar-refractivity contribution in [3.05, 3.63) is 28.8 Å². The Kier molecular flexibility index (Phi) is 4.62. The normalized spacial score (nSPS) is 10.7. The highest BCUT2D eigenvalue weighted by atomic mass is 35.5. The highest BCUT2D eigenvalue weighted by molar-refractivity contribution is 6.17. The molecule has 0 fully saturated rings. The third kappa shape index (κ3) is 3.76. The van der Waals surface area contributed by atoms with Crippen LogP contribution in [-0.2, 0) is 10.6 Å². The van der Waals surface area contributed by atoms with E-state index in [0.717, 1.165) is 19.2 Å². The maximum Gasteiger partial charge on any atom is 0.573 e. The summed E-state index contributed by atoms with van der Waals surface area (Å²) in [5, 5.41) is 8.82. The van der Waals surface area contributed by atoms with Crippen LogP contribution in [0.1, 0.15) is 21.5 Å². The fraction of sp³-hybridized carbons (Fsp3) is 0.273. The van der Waals surface area contributed by atoms with Crippen LogP contribution in [0.15, 0.2) is 12.1 Å². The third-order valence-electron chi connectivity index (χ3n) is 2.10. The minimum Gasteiger partial charge on any atom is -0.465 e. The first-order chi connectivity index (χ1) is 8.82. The monoisotopic (exact) mass is 293 g/mol. The van der Waals surface area contributed by atoms with Crippen LogP contribution in [0, 0.1) is 11.3 Å². The van der Waals surface area contributed by atoms with Crippen LogP contribution in [0.2, 0.25) is 0 Å². The lowest BCUT2D eigenvalue weighted by Gasteiger charge is -2.13. The first-order valence-electron chi connectivity index (χ1n) is 4.79. The number of carbonyl (C=O) groups excluding carboxylic acids is 1. The van der Waals surface area contributed by atoms with Crippen molar-refractivity contribution in [1.82, 2.24) is 0 Å². The van der Waals surface area contributed by atoms with E-state index in [1.54, 1.807) is 6.07 Å². The number of carbonyl (C=O) groups is 1. The molecule has 0 bridgehead atoms. The van der Waals surface area contributed by atoms with Crippen molar-refractivity contribution < 1.29 is 27.4 Å². The Labute approximate surface area is 111 Å². The van der Waals surface area contributed by atoms with Crippen molar-refractivity contribution in [1.29, 1.82) is 5.26 Å². The molecule has 0 aliphatic heterocycles. The van der Waals surface area contributed by atoms with Crippen molar-refractivity contribution in [2.45, 2.75) is 12.2 Å². The van der Waals surface area contributed by atoms with E-state index in [1.807, 2.05) is 0 Å². The van der Waals surface area contributed by atoms with E-state index in [-0.39, 0.29) is 22.6 Å². The molecule has 1 rings (SSSR count). The van der Waals surface area contributed by atoms with Crippen LogP contribution in [0.4, 0.5) is 13.2 Å². The largest absolute Gasteiger partial charge is 0.573 e. The van der Waals surface area contributed by atoms with Crippen LogP contribution in [0.3, 0.4) is 0 Å². The number of alkyl halides is 4. The van der Waals surface area contributed by atoms with Gasteiger partial charge < -0.3 is 9.47 Å². The maximum absolute atomic E-state index is 12.2. The predicted octanol–water partition coefficient (Wildman–Crippen LogP) is 2.98. The van der Waals surface area contributed by atoms with Gasteiger partial charge in [0, 0.05) is 5.56 Å². The molecule has 0 heterocycles. The van der Waals surface area contributed by atoms with E-state index in [4.69, 9.17) is 16.9 Å². The van der Waals surface area contributed by atoms with Gasteiger partial charge in [0.15, 0.2) is 0 Å². The van der Waals surface area contributed by atoms with E-state index in [0.29, 0.717) is 0 Å². The molecule has 0 amide bonds. The molecule has 0 saturated heterocycles. The number of halogens is 4. The molecule has 0 aromatic heterocycles. The molecule has 0 atom stereocenters. The summed E-state index contributed by atoms with van der Waals surface area (Å²) in [7, 11) is 1.09. The van der Waals surface area contributed by atoms with Crippen molar-refractivity contribution in [3.63, 3.8) is 0 Å². The number of benzene rings is 1. The fourth-order valence-electron chi connectivity index (χ4n) is 1.32. The number of rotatable bonds is 3. The predicted molar refractivity (Wildman–Crippen MR) is 58.7 cm³/mol. The number of esters is 1. The lowest BCUT2D eigenvalue weighted by atomic mass is 10.0. The minimum absolute atomic E-state index is 0.0709. The third-order valence-corrected chi connectivity index (χ3v) is 2.38. The summed E-state index contributed by atoms with van der Waals surface area (Å²) in [5.41, 5.74) is -0.534. The van der Waals surface area contributed by atoms with Crippen LogP contribution in [0.5, 0.6) is 5.75 Å². The molecular formula is C11H7ClF3NO3. The molecule has 1 aromatic rings. The van der Waals surface area contributed by atoms with Gasteiger partial charge in [0.05, 0.1) is 24.1 Å². The second-order valence-corrected chi connectivity index (χ2v) is 3.56. The van der Waals surface area contributed by atoms with E-state index >= 15 is 0 Å². The average Bonchev–Trinajstić information content (AvgIpc) is 2.35. The zero-order valence-electron chi connectivity index (χ0n) is 9.55. The highest BCUT2D eigenvalue weighted by Gasteiger charge is 2.32. The zero-order chi connectivity index (χ0) is 14.6. The first kappa shape index (κ1) is 15.1. The Morgan fingerprint density at radius 3 is 2.53 bits per heavy atom. The Morgan fingerprint density at radius 2 is 2.11 bits per heavy atom. The molecule has 0 aliphatic carbocycles. The smallest absolute Gasteiger partial charge is 0.465 e. The molecule has 102 valence electrons. The summed E-state index contributed by atoms with van der Waals surface area (Å²) in [6, 6.07) is 3.44. The number of nitriles is 1. The van der Waals surface area contributed by atoms with Crippen LogP contribution in [0.25, 0.3) is 0 Å². The van der Waals surface area contributed by atoms with Crippen molar-refractivity contribution in [2.75, 3.05) is 7.11 Å². The molecule has 0 spiro atoms. The summed E-state index contributed by atoms with van der Waals surface area (Å²) >= 11 is 5.49. The standard InChI is InChI=1S/C11H7ClF3NO3/c1-18-10(17)8-2-6(4-12)9(3-7(8)5-16)19-11(13,14)15/h2-3H,4H2,1H3. The van der Waals surface area contributed by atoms with Crippen LogP contribution < -0.4 is 4.74 Å². The van der Waals surface area contributed by atoms with Gasteiger partial charge in [-0.25, -0.2) is 4.79 Å². The lowest BCUT2D eigenvalue weighted by Crippen LogP contribution is -2.18. The van der Waals surface area contributed by atoms with E-state index in [1.165, 1.54) is 0 Å². The van der Waals surface area contributed by atoms with Gasteiger partial charge in [0.2, 0.25) is 0 Å². The second kappa shape index (κ2) is 5.80. The van der Waals surface area contributed by atoms with Gasteiger partial charge in [-0.3, -0.25) is 0 Å². The summed E-state index contributed by atoms with van der Waals surface area (Å²) in [5.74, 6) is -1.78. The van der Waals surface area contributed by atoms with Crippen molar-refractivity contribution >= 4 is 17.6 Å². The van der Waals surface area contributed by atoms with Gasteiger partial charge >= 0.3 is 12.3 Å². The van der Waals surface area contributed by atoms with Gasteiger partial charge in [-0.05, 0) is 12.1 Å². The highest BCUT2D eigenvalue weighted by Crippen LogP contribution is 2.30. The summed E-state index contributed by atoms with van der Waals surface area (Å²) in [6.07, 6.45) is -4.92. The fourth-order valence-corrected chi connectivity index (χ4v) is 1.53. The minimum atomic E-state index is -4.92. The van der Waals surface area contributed by atoms with E-state index < -0.39 is 18.1 Å². The van der Waals surface area contributed by atoms with E-state index in [9.17, 15) is 18.0 Å². The number of ether oxygens (including phenoxy) is 2. The van der Waals surface area contributed by atoms with Crippen molar-refractivity contribution in [3.8, 4) is 11.8 Å². The van der Waals surface area contributed by atoms with E-state index in [2.05, 4.69) is 9.47 Å². The topological polar surface area (TPSA) is 59.3 Å². The molecule has 19 heavy (non-hydrogen) atoms. The molecule has 1 aromatic carbocycles. The van der Waals surface area contributed by atoms with Gasteiger partial charge in [-0.1, -0.05) is 0 Å². The zero-order valence-corrected chi connectivity index (χ0v) is 10.3. The quantitative estimate of drug-likeness (QED) is 0.635. The Hall–Kier alpha value is -1.94. The second-order valence-electron chi connectivity index (χ2n) is 3.29. The molecule has 4 nitrogen and oxygen atoms in total. The number of nitrogens with zero attached hydrogens (tertiary/aromatic N) is 1. The molecule has 8 heteroatoms. The molecule has 0 saturated carbocycles. The average molecular weight is 294 g/mol. The van der Waals surface area contributed by atoms with Gasteiger partial charge in [-0.15, -0.1) is 24.8 Å². The summed E-state index contributed by atoms with van der Waals surface area (Å²) in [4.78, 5) is 11.4. The Balaban J connectivity index is 3.36. The van der Waals surface area contributed by atoms with Gasteiger partial charge in [0.1, 0.15) is 11.8 Å². The van der Waals surface area contributed by atoms with Gasteiger partial charge in [0.25, 0.3) is 0 Å².